The van der Waals surface area contributed by atoms with Crippen LogP contribution in [0.5, 0.6) is 0 Å². The smallest absolute Gasteiger partial charge is 0.312 e. The molecule has 1 aliphatic heterocycles. The molecule has 0 unspecified atom stereocenters. The summed E-state index contributed by atoms with van der Waals surface area (Å²) < 4.78 is 17.7. The van der Waals surface area contributed by atoms with Crippen molar-refractivity contribution in [1.29, 1.82) is 0 Å². The number of aliphatic carboxylic acids is 1. The Morgan fingerprint density at radius 3 is 2.25 bits per heavy atom. The molecule has 6 N–H and O–H groups in total. The number of ether oxygens (including phenoxy) is 3. The molecule has 1 heterocycles. The van der Waals surface area contributed by atoms with Gasteiger partial charge in [-0.25, -0.2) is 0 Å². The summed E-state index contributed by atoms with van der Waals surface area (Å²) in [5, 5.41) is 66.1. The molecule has 0 aromatic carbocycles. The van der Waals surface area contributed by atoms with Gasteiger partial charge in [0.1, 0.15) is 36.4 Å². The van der Waals surface area contributed by atoms with Crippen LogP contribution in [-0.2, 0) is 23.8 Å². The summed E-state index contributed by atoms with van der Waals surface area (Å²) in [5.41, 5.74) is -1.52. The third-order valence-electron chi connectivity index (χ3n) is 16.0. The van der Waals surface area contributed by atoms with Crippen molar-refractivity contribution in [2.75, 3.05) is 13.2 Å². The normalized spacial score (nSPS) is 50.5. The monoisotopic (exact) mass is 720 g/mol. The number of rotatable bonds is 8. The lowest BCUT2D eigenvalue weighted by Crippen LogP contribution is -2.68. The molecule has 4 saturated carbocycles. The van der Waals surface area contributed by atoms with Crippen LogP contribution in [0.3, 0.4) is 0 Å². The zero-order chi connectivity index (χ0) is 37.5. The Bertz CT molecular complexity index is 1380. The van der Waals surface area contributed by atoms with Crippen LogP contribution in [0.15, 0.2) is 11.6 Å². The molecule has 290 valence electrons. The molecule has 6 aliphatic rings. The second-order valence-electron chi connectivity index (χ2n) is 19.1. The zero-order valence-electron chi connectivity index (χ0n) is 31.8. The number of aliphatic hydroxyl groups excluding tert-OH is 5. The number of aliphatic hydroxyl groups is 5. The zero-order valence-corrected chi connectivity index (χ0v) is 31.8. The fourth-order valence-corrected chi connectivity index (χ4v) is 12.7. The van der Waals surface area contributed by atoms with E-state index in [0.29, 0.717) is 25.7 Å². The Morgan fingerprint density at radius 1 is 0.902 bits per heavy atom. The van der Waals surface area contributed by atoms with E-state index in [2.05, 4.69) is 40.7 Å². The van der Waals surface area contributed by atoms with E-state index in [-0.39, 0.29) is 53.6 Å². The summed E-state index contributed by atoms with van der Waals surface area (Å²) in [4.78, 5) is 25.1. The maximum atomic E-state index is 13.1. The van der Waals surface area contributed by atoms with Gasteiger partial charge in [0.2, 0.25) is 0 Å². The van der Waals surface area contributed by atoms with Crippen molar-refractivity contribution in [3.8, 4) is 0 Å². The van der Waals surface area contributed by atoms with Crippen molar-refractivity contribution < 1.29 is 54.4 Å². The highest BCUT2D eigenvalue weighted by atomic mass is 16.7. The highest BCUT2D eigenvalue weighted by molar-refractivity contribution is 5.77. The largest absolute Gasteiger partial charge is 0.481 e. The molecular formula is C40H64O11. The standard InChI is InChI=1S/C40H64O11/c1-8-9-29(43)49-20-24-30(44)31(45)32(46)33(50-24)51-28-13-14-36(4)25(37(28,5)21-41)12-15-38(6)26(36)11-10-22-23-18-35(2,3)16-17-40(23,34(47)48)27(42)19-39(22,38)7/h10,23-28,30-33,41-42,44-46H,8-9,11-21H2,1-7H3,(H,47,48)/t23-,24-,25+,26-,27-,28-,30-,31+,32-,33+,36-,37-,38-,39-,40-/m1/s1. The number of hydrogen-bond acceptors (Lipinski definition) is 10. The van der Waals surface area contributed by atoms with Crippen molar-refractivity contribution in [2.45, 2.75) is 162 Å². The van der Waals surface area contributed by atoms with E-state index in [0.717, 1.165) is 38.5 Å². The Labute approximate surface area is 303 Å². The first kappa shape index (κ1) is 39.1. The van der Waals surface area contributed by atoms with Crippen LogP contribution >= 0.6 is 0 Å². The molecule has 11 nitrogen and oxygen atoms in total. The molecule has 5 aliphatic carbocycles. The fraction of sp³-hybridized carbons (Fsp3) is 0.900. The van der Waals surface area contributed by atoms with Gasteiger partial charge in [-0.1, -0.05) is 60.1 Å². The second-order valence-corrected chi connectivity index (χ2v) is 19.1. The fourth-order valence-electron chi connectivity index (χ4n) is 12.7. The number of carbonyl (C=O) groups is 2. The number of fused-ring (bicyclic) bond motifs is 7. The first-order valence-corrected chi connectivity index (χ1v) is 19.5. The second kappa shape index (κ2) is 13.3. The van der Waals surface area contributed by atoms with E-state index in [1.807, 2.05) is 13.8 Å². The van der Waals surface area contributed by atoms with Gasteiger partial charge in [0.15, 0.2) is 6.29 Å². The molecule has 11 heteroatoms. The molecule has 0 aromatic heterocycles. The average Bonchev–Trinajstić information content (AvgIpc) is 3.05. The molecule has 0 aromatic rings. The van der Waals surface area contributed by atoms with Crippen LogP contribution in [0, 0.1) is 50.2 Å². The minimum atomic E-state index is -1.58. The van der Waals surface area contributed by atoms with Gasteiger partial charge in [0.05, 0.1) is 18.8 Å². The van der Waals surface area contributed by atoms with Gasteiger partial charge in [0.25, 0.3) is 0 Å². The Balaban J connectivity index is 1.27. The summed E-state index contributed by atoms with van der Waals surface area (Å²) in [6.45, 7) is 14.9. The minimum Gasteiger partial charge on any atom is -0.481 e. The molecule has 6 rings (SSSR count). The van der Waals surface area contributed by atoms with Crippen molar-refractivity contribution >= 4 is 11.9 Å². The predicted octanol–water partition coefficient (Wildman–Crippen LogP) is 4.35. The summed E-state index contributed by atoms with van der Waals surface area (Å²) in [5.74, 6) is -1.30. The topological polar surface area (TPSA) is 183 Å². The Hall–Kier alpha value is -1.60. The van der Waals surface area contributed by atoms with Gasteiger partial charge < -0.3 is 44.8 Å². The van der Waals surface area contributed by atoms with Crippen LogP contribution in [0.25, 0.3) is 0 Å². The third-order valence-corrected chi connectivity index (χ3v) is 16.0. The summed E-state index contributed by atoms with van der Waals surface area (Å²) >= 11 is 0. The van der Waals surface area contributed by atoms with Crippen LogP contribution in [0.4, 0.5) is 0 Å². The highest BCUT2D eigenvalue weighted by Crippen LogP contribution is 2.76. The van der Waals surface area contributed by atoms with E-state index in [1.54, 1.807) is 0 Å². The summed E-state index contributed by atoms with van der Waals surface area (Å²) in [6.07, 6.45) is 0.881. The number of carbonyl (C=O) groups excluding carboxylic acids is 1. The van der Waals surface area contributed by atoms with Gasteiger partial charge >= 0.3 is 11.9 Å². The molecule has 51 heavy (non-hydrogen) atoms. The van der Waals surface area contributed by atoms with Crippen molar-refractivity contribution in [2.24, 2.45) is 50.2 Å². The molecule has 5 fully saturated rings. The molecule has 15 atom stereocenters. The molecular weight excluding hydrogens is 656 g/mol. The van der Waals surface area contributed by atoms with E-state index >= 15 is 0 Å². The average molecular weight is 721 g/mol. The third kappa shape index (κ3) is 5.77. The molecule has 0 bridgehead atoms. The SMILES string of the molecule is CCCC(=O)OC[C@H]1O[C@@H](O[C@@H]2CC[C@]3(C)[C@H](CC[C@]4(C)[C@@H]3CC=C3[C@H]5CC(C)(C)CC[C@]5(C(=O)O)[C@H](O)C[C@]34C)[C@@]2(C)CO)[C@H](O)[C@@H](O)[C@@H]1O. The van der Waals surface area contributed by atoms with Gasteiger partial charge in [-0.05, 0) is 104 Å². The molecule has 0 spiro atoms. The van der Waals surface area contributed by atoms with E-state index in [1.165, 1.54) is 5.57 Å². The van der Waals surface area contributed by atoms with Gasteiger partial charge in [-0.3, -0.25) is 9.59 Å². The summed E-state index contributed by atoms with van der Waals surface area (Å²) in [6, 6.07) is 0. The predicted molar refractivity (Wildman–Crippen MR) is 187 cm³/mol. The lowest BCUT2D eigenvalue weighted by molar-refractivity contribution is -0.333. The minimum absolute atomic E-state index is 0.0194. The van der Waals surface area contributed by atoms with E-state index < -0.39 is 71.1 Å². The number of carboxylic acids is 1. The first-order valence-electron chi connectivity index (χ1n) is 19.5. The molecule has 0 amide bonds. The maximum absolute atomic E-state index is 13.1. The molecule has 0 radical (unpaired) electrons. The number of esters is 1. The van der Waals surface area contributed by atoms with Crippen LogP contribution in [0.2, 0.25) is 0 Å². The van der Waals surface area contributed by atoms with Gasteiger partial charge in [-0.2, -0.15) is 0 Å². The van der Waals surface area contributed by atoms with Gasteiger partial charge in [-0.15, -0.1) is 0 Å². The number of hydrogen-bond donors (Lipinski definition) is 6. The lowest BCUT2D eigenvalue weighted by atomic mass is 9.33. The van der Waals surface area contributed by atoms with E-state index in [9.17, 15) is 40.2 Å². The summed E-state index contributed by atoms with van der Waals surface area (Å²) in [7, 11) is 0. The number of carboxylic acid groups (broad SMARTS) is 1. The Morgan fingerprint density at radius 2 is 1.61 bits per heavy atom. The van der Waals surface area contributed by atoms with Gasteiger partial charge in [0, 0.05) is 11.8 Å². The highest BCUT2D eigenvalue weighted by Gasteiger charge is 2.71. The van der Waals surface area contributed by atoms with Crippen LogP contribution in [-0.4, -0.2) is 98.7 Å². The molecule has 1 saturated heterocycles. The van der Waals surface area contributed by atoms with Crippen molar-refractivity contribution in [1.82, 2.24) is 0 Å². The quantitative estimate of drug-likeness (QED) is 0.119. The lowest BCUT2D eigenvalue weighted by Gasteiger charge is -2.71. The van der Waals surface area contributed by atoms with Crippen molar-refractivity contribution in [3.05, 3.63) is 11.6 Å². The van der Waals surface area contributed by atoms with Crippen molar-refractivity contribution in [3.63, 3.8) is 0 Å². The van der Waals surface area contributed by atoms with E-state index in [4.69, 9.17) is 14.2 Å². The first-order chi connectivity index (χ1) is 23.8. The van der Waals surface area contributed by atoms with Crippen LogP contribution in [0.1, 0.15) is 119 Å². The number of allylic oxidation sites excluding steroid dienone is 2. The Kier molecular flexibility index (Phi) is 10.2. The maximum Gasteiger partial charge on any atom is 0.312 e. The van der Waals surface area contributed by atoms with Crippen LogP contribution < -0.4 is 0 Å².